The van der Waals surface area contributed by atoms with Crippen LogP contribution in [-0.2, 0) is 13.0 Å². The number of anilines is 2. The first kappa shape index (κ1) is 14.1. The van der Waals surface area contributed by atoms with E-state index in [-0.39, 0.29) is 5.56 Å². The Bertz CT molecular complexity index is 619. The molecule has 0 unspecified atom stereocenters. The highest BCUT2D eigenvalue weighted by molar-refractivity contribution is 5.41. The van der Waals surface area contributed by atoms with E-state index in [2.05, 4.69) is 5.10 Å². The summed E-state index contributed by atoms with van der Waals surface area (Å²) in [4.78, 5) is 14.0. The van der Waals surface area contributed by atoms with Gasteiger partial charge in [0.2, 0.25) is 0 Å². The molecular weight excluding hydrogens is 252 g/mol. The van der Waals surface area contributed by atoms with Gasteiger partial charge in [0.05, 0.1) is 11.9 Å². The van der Waals surface area contributed by atoms with Crippen molar-refractivity contribution < 1.29 is 0 Å². The summed E-state index contributed by atoms with van der Waals surface area (Å²) in [5.41, 5.74) is 8.31. The first-order valence-electron chi connectivity index (χ1n) is 6.73. The lowest BCUT2D eigenvalue weighted by Gasteiger charge is -2.16. The van der Waals surface area contributed by atoms with Crippen molar-refractivity contribution in [3.8, 4) is 0 Å². The van der Waals surface area contributed by atoms with Crippen LogP contribution in [-0.4, -0.2) is 23.4 Å². The second-order valence-electron chi connectivity index (χ2n) is 4.78. The van der Waals surface area contributed by atoms with E-state index in [0.29, 0.717) is 6.54 Å². The van der Waals surface area contributed by atoms with Gasteiger partial charge in [-0.15, -0.1) is 0 Å². The lowest BCUT2D eigenvalue weighted by atomic mass is 10.1. The number of aromatic nitrogens is 2. The maximum absolute atomic E-state index is 12.0. The minimum atomic E-state index is -0.0711. The summed E-state index contributed by atoms with van der Waals surface area (Å²) in [6.45, 7) is 3.45. The van der Waals surface area contributed by atoms with Crippen molar-refractivity contribution >= 4 is 11.4 Å². The third kappa shape index (κ3) is 3.38. The van der Waals surface area contributed by atoms with Gasteiger partial charge >= 0.3 is 0 Å². The minimum absolute atomic E-state index is 0.0711. The summed E-state index contributed by atoms with van der Waals surface area (Å²) in [6, 6.07) is 9.30. The Labute approximate surface area is 118 Å². The first-order valence-corrected chi connectivity index (χ1v) is 6.73. The van der Waals surface area contributed by atoms with Crippen molar-refractivity contribution in [3.05, 3.63) is 52.4 Å². The van der Waals surface area contributed by atoms with Crippen LogP contribution < -0.4 is 16.2 Å². The monoisotopic (exact) mass is 272 g/mol. The van der Waals surface area contributed by atoms with Crippen LogP contribution in [0.5, 0.6) is 0 Å². The molecule has 1 heterocycles. The van der Waals surface area contributed by atoms with Gasteiger partial charge in [0.25, 0.3) is 5.56 Å². The molecule has 0 aliphatic heterocycles. The molecule has 0 saturated carbocycles. The Balaban J connectivity index is 2.06. The Hall–Kier alpha value is -2.30. The lowest BCUT2D eigenvalue weighted by molar-refractivity contribution is 0.577. The number of rotatable bonds is 5. The molecule has 2 N–H and O–H groups in total. The van der Waals surface area contributed by atoms with Gasteiger partial charge in [-0.05, 0) is 31.0 Å². The maximum Gasteiger partial charge on any atom is 0.268 e. The zero-order valence-electron chi connectivity index (χ0n) is 11.9. The fraction of sp³-hybridized carbons (Fsp3) is 0.333. The number of aryl methyl sites for hydroxylation is 2. The SMILES string of the molecule is CCN(C)c1cnn(CCc2ccc(N)cc2)c(=O)c1. The van der Waals surface area contributed by atoms with Gasteiger partial charge in [0.15, 0.2) is 0 Å². The molecule has 5 nitrogen and oxygen atoms in total. The molecule has 0 spiro atoms. The van der Waals surface area contributed by atoms with Gasteiger partial charge in [-0.25, -0.2) is 4.68 Å². The van der Waals surface area contributed by atoms with Crippen LogP contribution in [0.1, 0.15) is 12.5 Å². The fourth-order valence-corrected chi connectivity index (χ4v) is 1.90. The van der Waals surface area contributed by atoms with Crippen LogP contribution in [0.2, 0.25) is 0 Å². The van der Waals surface area contributed by atoms with Gasteiger partial charge in [0, 0.05) is 31.9 Å². The summed E-state index contributed by atoms with van der Waals surface area (Å²) in [6.07, 6.45) is 2.49. The molecule has 0 bridgehead atoms. The highest BCUT2D eigenvalue weighted by atomic mass is 16.1. The average Bonchev–Trinajstić information content (AvgIpc) is 2.46. The van der Waals surface area contributed by atoms with E-state index in [1.54, 1.807) is 12.3 Å². The number of nitrogens with zero attached hydrogens (tertiary/aromatic N) is 3. The third-order valence-electron chi connectivity index (χ3n) is 3.36. The van der Waals surface area contributed by atoms with Crippen molar-refractivity contribution in [1.82, 2.24) is 9.78 Å². The zero-order chi connectivity index (χ0) is 14.5. The van der Waals surface area contributed by atoms with E-state index in [9.17, 15) is 4.79 Å². The van der Waals surface area contributed by atoms with Gasteiger partial charge in [-0.2, -0.15) is 5.10 Å². The third-order valence-corrected chi connectivity index (χ3v) is 3.36. The Morgan fingerprint density at radius 1 is 1.30 bits per heavy atom. The van der Waals surface area contributed by atoms with Crippen molar-refractivity contribution in [2.45, 2.75) is 19.9 Å². The highest BCUT2D eigenvalue weighted by Gasteiger charge is 2.03. The maximum atomic E-state index is 12.0. The molecule has 5 heteroatoms. The summed E-state index contributed by atoms with van der Waals surface area (Å²) in [5.74, 6) is 0. The highest BCUT2D eigenvalue weighted by Crippen LogP contribution is 2.08. The molecular formula is C15H20N4O. The number of hydrogen-bond donors (Lipinski definition) is 1. The minimum Gasteiger partial charge on any atom is -0.399 e. The van der Waals surface area contributed by atoms with E-state index in [4.69, 9.17) is 5.73 Å². The van der Waals surface area contributed by atoms with Gasteiger partial charge < -0.3 is 10.6 Å². The molecule has 0 aliphatic rings. The smallest absolute Gasteiger partial charge is 0.268 e. The van der Waals surface area contributed by atoms with Crippen molar-refractivity contribution in [1.29, 1.82) is 0 Å². The molecule has 20 heavy (non-hydrogen) atoms. The van der Waals surface area contributed by atoms with Crippen LogP contribution in [0.3, 0.4) is 0 Å². The molecule has 1 aromatic heterocycles. The van der Waals surface area contributed by atoms with E-state index in [1.807, 2.05) is 43.1 Å². The van der Waals surface area contributed by atoms with Crippen LogP contribution in [0.4, 0.5) is 11.4 Å². The van der Waals surface area contributed by atoms with E-state index in [1.165, 1.54) is 4.68 Å². The largest absolute Gasteiger partial charge is 0.399 e. The number of hydrogen-bond acceptors (Lipinski definition) is 4. The number of nitrogens with two attached hydrogens (primary N) is 1. The standard InChI is InChI=1S/C15H20N4O/c1-3-18(2)14-10-15(20)19(17-11-14)9-8-12-4-6-13(16)7-5-12/h4-7,10-11H,3,8-9,16H2,1-2H3. The molecule has 2 aromatic rings. The first-order chi connectivity index (χ1) is 9.60. The van der Waals surface area contributed by atoms with E-state index >= 15 is 0 Å². The topological polar surface area (TPSA) is 64.2 Å². The van der Waals surface area contributed by atoms with Gasteiger partial charge in [0.1, 0.15) is 0 Å². The molecule has 1 aromatic carbocycles. The van der Waals surface area contributed by atoms with E-state index in [0.717, 1.165) is 29.9 Å². The number of nitrogen functional groups attached to an aromatic ring is 1. The van der Waals surface area contributed by atoms with E-state index < -0.39 is 0 Å². The Morgan fingerprint density at radius 2 is 2.00 bits per heavy atom. The Morgan fingerprint density at radius 3 is 2.60 bits per heavy atom. The quantitative estimate of drug-likeness (QED) is 0.838. The van der Waals surface area contributed by atoms with Gasteiger partial charge in [-0.1, -0.05) is 12.1 Å². The lowest BCUT2D eigenvalue weighted by Crippen LogP contribution is -2.26. The van der Waals surface area contributed by atoms with Crippen molar-refractivity contribution in [2.75, 3.05) is 24.2 Å². The zero-order valence-corrected chi connectivity index (χ0v) is 11.9. The molecule has 0 fully saturated rings. The summed E-state index contributed by atoms with van der Waals surface area (Å²) >= 11 is 0. The summed E-state index contributed by atoms with van der Waals surface area (Å²) in [5, 5.41) is 4.22. The molecule has 0 saturated heterocycles. The molecule has 0 atom stereocenters. The second kappa shape index (κ2) is 6.23. The van der Waals surface area contributed by atoms with Crippen LogP contribution in [0.15, 0.2) is 41.3 Å². The molecule has 2 rings (SSSR count). The van der Waals surface area contributed by atoms with Crippen LogP contribution >= 0.6 is 0 Å². The second-order valence-corrected chi connectivity index (χ2v) is 4.78. The Kier molecular flexibility index (Phi) is 4.40. The number of benzene rings is 1. The van der Waals surface area contributed by atoms with Crippen molar-refractivity contribution in [3.63, 3.8) is 0 Å². The van der Waals surface area contributed by atoms with Gasteiger partial charge in [-0.3, -0.25) is 4.79 Å². The predicted molar refractivity (Wildman–Crippen MR) is 82.0 cm³/mol. The van der Waals surface area contributed by atoms with Crippen molar-refractivity contribution in [2.24, 2.45) is 0 Å². The fourth-order valence-electron chi connectivity index (χ4n) is 1.90. The molecule has 106 valence electrons. The molecule has 0 aliphatic carbocycles. The summed E-state index contributed by atoms with van der Waals surface area (Å²) < 4.78 is 1.49. The molecule has 0 radical (unpaired) electrons. The van der Waals surface area contributed by atoms with Crippen LogP contribution in [0.25, 0.3) is 0 Å². The summed E-state index contributed by atoms with van der Waals surface area (Å²) in [7, 11) is 1.94. The predicted octanol–water partition coefficient (Wildman–Crippen LogP) is 1.52. The molecule has 0 amide bonds. The van der Waals surface area contributed by atoms with Crippen LogP contribution in [0, 0.1) is 0 Å². The normalized spacial score (nSPS) is 10.5. The average molecular weight is 272 g/mol.